The Morgan fingerprint density at radius 1 is 1.38 bits per heavy atom. The van der Waals surface area contributed by atoms with E-state index in [0.717, 1.165) is 12.3 Å². The smallest absolute Gasteiger partial charge is 0.0168 e. The standard InChI is InChI=1S/C4H11NS3/c1-2-6-8-7-4-3-5/h2-5H2,1H3. The lowest BCUT2D eigenvalue weighted by Gasteiger charge is -1.92. The molecule has 0 aromatic rings. The van der Waals surface area contributed by atoms with Gasteiger partial charge in [0.05, 0.1) is 0 Å². The van der Waals surface area contributed by atoms with E-state index in [2.05, 4.69) is 6.92 Å². The summed E-state index contributed by atoms with van der Waals surface area (Å²) in [7, 11) is 5.54. The Balaban J connectivity index is 2.53. The van der Waals surface area contributed by atoms with Gasteiger partial charge < -0.3 is 5.73 Å². The molecule has 0 atom stereocenters. The molecule has 0 spiro atoms. The van der Waals surface area contributed by atoms with Gasteiger partial charge in [-0.25, -0.2) is 0 Å². The van der Waals surface area contributed by atoms with Crippen molar-refractivity contribution in [3.05, 3.63) is 0 Å². The molecule has 0 aromatic heterocycles. The van der Waals surface area contributed by atoms with E-state index in [1.165, 1.54) is 5.75 Å². The van der Waals surface area contributed by atoms with Crippen LogP contribution in [0.5, 0.6) is 0 Å². The summed E-state index contributed by atoms with van der Waals surface area (Å²) in [6.45, 7) is 2.95. The molecule has 50 valence electrons. The van der Waals surface area contributed by atoms with E-state index in [0.29, 0.717) is 0 Å². The van der Waals surface area contributed by atoms with E-state index >= 15 is 0 Å². The molecule has 8 heavy (non-hydrogen) atoms. The van der Waals surface area contributed by atoms with Crippen LogP contribution in [0.1, 0.15) is 6.92 Å². The van der Waals surface area contributed by atoms with Crippen LogP contribution in [0.2, 0.25) is 0 Å². The maximum atomic E-state index is 5.27. The Labute approximate surface area is 62.3 Å². The zero-order chi connectivity index (χ0) is 6.24. The molecule has 0 radical (unpaired) electrons. The average molecular weight is 169 g/mol. The second-order valence-electron chi connectivity index (χ2n) is 1.09. The number of hydrogen-bond donors (Lipinski definition) is 1. The lowest BCUT2D eigenvalue weighted by molar-refractivity contribution is 1.16. The Hall–Kier alpha value is 1.01. The molecule has 0 fully saturated rings. The van der Waals surface area contributed by atoms with Crippen LogP contribution in [0.3, 0.4) is 0 Å². The molecule has 0 aliphatic rings. The van der Waals surface area contributed by atoms with Crippen LogP contribution in [0.15, 0.2) is 0 Å². The molecule has 4 heteroatoms. The van der Waals surface area contributed by atoms with Crippen LogP contribution in [0.4, 0.5) is 0 Å². The van der Waals surface area contributed by atoms with Crippen molar-refractivity contribution in [1.82, 2.24) is 0 Å². The summed E-state index contributed by atoms with van der Waals surface area (Å²) < 4.78 is 0. The minimum atomic E-state index is 0.794. The van der Waals surface area contributed by atoms with Gasteiger partial charge in [-0.05, 0) is 9.83 Å². The summed E-state index contributed by atoms with van der Waals surface area (Å²) in [6, 6.07) is 0. The van der Waals surface area contributed by atoms with Gasteiger partial charge in [0.25, 0.3) is 0 Å². The molecule has 0 unspecified atom stereocenters. The summed E-state index contributed by atoms with van der Waals surface area (Å²) in [5, 5.41) is 0. The van der Waals surface area contributed by atoms with Gasteiger partial charge in [0.15, 0.2) is 0 Å². The summed E-state index contributed by atoms with van der Waals surface area (Å²) in [6.07, 6.45) is 0. The van der Waals surface area contributed by atoms with Gasteiger partial charge in [0.2, 0.25) is 0 Å². The summed E-state index contributed by atoms with van der Waals surface area (Å²) >= 11 is 0. The fourth-order valence-electron chi connectivity index (χ4n) is 0.164. The van der Waals surface area contributed by atoms with Crippen molar-refractivity contribution in [3.8, 4) is 0 Å². The van der Waals surface area contributed by atoms with Crippen molar-refractivity contribution in [2.24, 2.45) is 5.73 Å². The summed E-state index contributed by atoms with van der Waals surface area (Å²) in [4.78, 5) is 0. The highest BCUT2D eigenvalue weighted by molar-refractivity contribution is 9.09. The maximum absolute atomic E-state index is 5.27. The number of rotatable bonds is 5. The topological polar surface area (TPSA) is 26.0 Å². The van der Waals surface area contributed by atoms with Crippen molar-refractivity contribution < 1.29 is 0 Å². The van der Waals surface area contributed by atoms with Crippen molar-refractivity contribution in [2.75, 3.05) is 18.1 Å². The number of nitrogens with two attached hydrogens (primary N) is 1. The third kappa shape index (κ3) is 7.01. The molecule has 0 saturated carbocycles. The molecule has 0 aliphatic carbocycles. The lowest BCUT2D eigenvalue weighted by Crippen LogP contribution is -1.99. The van der Waals surface area contributed by atoms with E-state index in [1.807, 2.05) is 31.4 Å². The first-order valence-electron chi connectivity index (χ1n) is 2.53. The minimum Gasteiger partial charge on any atom is -0.330 e. The molecule has 0 rings (SSSR count). The lowest BCUT2D eigenvalue weighted by atomic mass is 10.8. The highest BCUT2D eigenvalue weighted by atomic mass is 33.5. The summed E-state index contributed by atoms with van der Waals surface area (Å²) in [5.74, 6) is 2.25. The van der Waals surface area contributed by atoms with Gasteiger partial charge in [-0.2, -0.15) is 0 Å². The molecule has 0 heterocycles. The van der Waals surface area contributed by atoms with E-state index in [-0.39, 0.29) is 0 Å². The van der Waals surface area contributed by atoms with Gasteiger partial charge in [-0.1, -0.05) is 28.5 Å². The van der Waals surface area contributed by atoms with Crippen molar-refractivity contribution in [2.45, 2.75) is 6.92 Å². The molecular weight excluding hydrogens is 158 g/mol. The van der Waals surface area contributed by atoms with Gasteiger partial charge in [-0.3, -0.25) is 0 Å². The first-order valence-corrected chi connectivity index (χ1v) is 6.35. The Kier molecular flexibility index (Phi) is 9.02. The SMILES string of the molecule is CCSSSCCN. The van der Waals surface area contributed by atoms with Gasteiger partial charge in [-0.15, -0.1) is 0 Å². The van der Waals surface area contributed by atoms with Crippen LogP contribution < -0.4 is 5.73 Å². The van der Waals surface area contributed by atoms with Gasteiger partial charge >= 0.3 is 0 Å². The molecule has 0 aliphatic heterocycles. The molecule has 1 nitrogen and oxygen atoms in total. The predicted octanol–water partition coefficient (Wildman–Crippen LogP) is 1.99. The molecular formula is C4H11NS3. The fourth-order valence-corrected chi connectivity index (χ4v) is 3.57. The normalized spacial score (nSPS) is 9.75. The number of hydrogen-bond acceptors (Lipinski definition) is 4. The van der Waals surface area contributed by atoms with Crippen LogP contribution >= 0.6 is 31.4 Å². The first kappa shape index (κ1) is 9.01. The quantitative estimate of drug-likeness (QED) is 0.503. The third-order valence-corrected chi connectivity index (χ3v) is 4.76. The van der Waals surface area contributed by atoms with E-state index < -0.39 is 0 Å². The van der Waals surface area contributed by atoms with Crippen LogP contribution in [0, 0.1) is 0 Å². The predicted molar refractivity (Wildman–Crippen MR) is 47.2 cm³/mol. The maximum Gasteiger partial charge on any atom is 0.0168 e. The second-order valence-corrected chi connectivity index (χ2v) is 5.73. The van der Waals surface area contributed by atoms with Gasteiger partial charge in [0, 0.05) is 18.1 Å². The van der Waals surface area contributed by atoms with E-state index in [9.17, 15) is 0 Å². The molecule has 0 saturated heterocycles. The van der Waals surface area contributed by atoms with Crippen molar-refractivity contribution >= 4 is 31.4 Å². The van der Waals surface area contributed by atoms with Crippen molar-refractivity contribution in [3.63, 3.8) is 0 Å². The zero-order valence-corrected chi connectivity index (χ0v) is 7.37. The van der Waals surface area contributed by atoms with E-state index in [1.54, 1.807) is 0 Å². The molecule has 0 aromatic carbocycles. The summed E-state index contributed by atoms with van der Waals surface area (Å²) in [5.41, 5.74) is 5.27. The highest BCUT2D eigenvalue weighted by Crippen LogP contribution is 2.33. The molecule has 2 N–H and O–H groups in total. The third-order valence-electron chi connectivity index (χ3n) is 0.415. The Morgan fingerprint density at radius 3 is 2.62 bits per heavy atom. The molecule has 0 bridgehead atoms. The van der Waals surface area contributed by atoms with E-state index in [4.69, 9.17) is 5.73 Å². The van der Waals surface area contributed by atoms with Crippen molar-refractivity contribution in [1.29, 1.82) is 0 Å². The van der Waals surface area contributed by atoms with Gasteiger partial charge in [0.1, 0.15) is 0 Å². The van der Waals surface area contributed by atoms with Crippen LogP contribution in [-0.2, 0) is 0 Å². The minimum absolute atomic E-state index is 0.794. The highest BCUT2D eigenvalue weighted by Gasteiger charge is 1.84. The first-order chi connectivity index (χ1) is 3.91. The van der Waals surface area contributed by atoms with Crippen LogP contribution in [-0.4, -0.2) is 18.1 Å². The Bertz CT molecular complexity index is 36.3. The monoisotopic (exact) mass is 169 g/mol. The Morgan fingerprint density at radius 2 is 2.12 bits per heavy atom. The zero-order valence-electron chi connectivity index (χ0n) is 4.92. The molecule has 0 amide bonds. The largest absolute Gasteiger partial charge is 0.330 e. The van der Waals surface area contributed by atoms with Crippen LogP contribution in [0.25, 0.3) is 0 Å². The fraction of sp³-hybridized carbons (Fsp3) is 1.00. The average Bonchev–Trinajstić information content (AvgIpc) is 1.81. The second kappa shape index (κ2) is 8.01.